The van der Waals surface area contributed by atoms with E-state index in [0.29, 0.717) is 12.2 Å². The highest BCUT2D eigenvalue weighted by Crippen LogP contribution is 1.85. The van der Waals surface area contributed by atoms with Crippen LogP contribution in [0.1, 0.15) is 13.8 Å². The Kier molecular flexibility index (Phi) is 8.76. The SMILES string of the molecule is CCOC(=O)NOC(=O)C=CC(=O)ONC(=O)OCC. The van der Waals surface area contributed by atoms with Crippen LogP contribution in [0.15, 0.2) is 12.2 Å². The molecule has 0 spiro atoms. The largest absolute Gasteiger partial charge is 0.448 e. The standard InChI is InChI=1S/C10H14N2O8/c1-3-17-9(15)11-19-7(13)5-6-8(14)20-12-10(16)18-4-2/h5-6H,3-4H2,1-2H3,(H,11,15)(H,12,16). The molecule has 0 saturated heterocycles. The zero-order valence-electron chi connectivity index (χ0n) is 10.8. The molecule has 0 atom stereocenters. The molecule has 0 bridgehead atoms. The van der Waals surface area contributed by atoms with E-state index in [-0.39, 0.29) is 13.2 Å². The molecule has 2 N–H and O–H groups in total. The van der Waals surface area contributed by atoms with E-state index in [0.717, 1.165) is 0 Å². The van der Waals surface area contributed by atoms with Crippen molar-refractivity contribution in [2.75, 3.05) is 13.2 Å². The molecule has 0 heterocycles. The van der Waals surface area contributed by atoms with E-state index >= 15 is 0 Å². The van der Waals surface area contributed by atoms with Gasteiger partial charge in [0.15, 0.2) is 0 Å². The lowest BCUT2D eigenvalue weighted by atomic mass is 10.5. The first kappa shape index (κ1) is 17.2. The van der Waals surface area contributed by atoms with E-state index in [4.69, 9.17) is 0 Å². The van der Waals surface area contributed by atoms with Gasteiger partial charge in [-0.05, 0) is 13.8 Å². The average Bonchev–Trinajstić information content (AvgIpc) is 2.41. The minimum absolute atomic E-state index is 0.102. The average molecular weight is 290 g/mol. The molecular weight excluding hydrogens is 276 g/mol. The van der Waals surface area contributed by atoms with Crippen molar-refractivity contribution in [1.29, 1.82) is 0 Å². The van der Waals surface area contributed by atoms with E-state index in [1.54, 1.807) is 24.8 Å². The number of carbonyl (C=O) groups excluding carboxylic acids is 4. The number of rotatable bonds is 4. The quantitative estimate of drug-likeness (QED) is 0.419. The lowest BCUT2D eigenvalue weighted by molar-refractivity contribution is -0.146. The number of hydroxylamine groups is 2. The van der Waals surface area contributed by atoms with E-state index in [9.17, 15) is 19.2 Å². The molecule has 10 heteroatoms. The van der Waals surface area contributed by atoms with Crippen LogP contribution >= 0.6 is 0 Å². The smallest absolute Gasteiger partial charge is 0.440 e. The van der Waals surface area contributed by atoms with Crippen LogP contribution < -0.4 is 11.0 Å². The first-order chi connectivity index (χ1) is 9.49. The summed E-state index contributed by atoms with van der Waals surface area (Å²) in [7, 11) is 0. The Labute approximate surface area is 113 Å². The molecule has 0 rings (SSSR count). The van der Waals surface area contributed by atoms with Crippen LogP contribution in [0.2, 0.25) is 0 Å². The van der Waals surface area contributed by atoms with Gasteiger partial charge in [-0.1, -0.05) is 0 Å². The first-order valence-corrected chi connectivity index (χ1v) is 5.44. The van der Waals surface area contributed by atoms with Gasteiger partial charge in [-0.3, -0.25) is 0 Å². The van der Waals surface area contributed by atoms with Crippen molar-refractivity contribution < 1.29 is 38.3 Å². The summed E-state index contributed by atoms with van der Waals surface area (Å²) < 4.78 is 8.80. The Bertz CT molecular complexity index is 357. The van der Waals surface area contributed by atoms with E-state index in [1.165, 1.54) is 0 Å². The second kappa shape index (κ2) is 10.2. The third-order valence-corrected chi connectivity index (χ3v) is 1.38. The van der Waals surface area contributed by atoms with E-state index in [2.05, 4.69) is 19.1 Å². The van der Waals surface area contributed by atoms with Gasteiger partial charge >= 0.3 is 24.1 Å². The van der Waals surface area contributed by atoms with Crippen molar-refractivity contribution in [2.45, 2.75) is 13.8 Å². The van der Waals surface area contributed by atoms with Gasteiger partial charge in [-0.2, -0.15) is 0 Å². The summed E-state index contributed by atoms with van der Waals surface area (Å²) in [6, 6.07) is 0. The molecule has 0 unspecified atom stereocenters. The lowest BCUT2D eigenvalue weighted by Crippen LogP contribution is -2.28. The molecule has 0 aliphatic rings. The molecule has 0 aliphatic heterocycles. The molecule has 0 aromatic carbocycles. The Balaban J connectivity index is 3.91. The van der Waals surface area contributed by atoms with Crippen molar-refractivity contribution in [1.82, 2.24) is 11.0 Å². The monoisotopic (exact) mass is 290 g/mol. The summed E-state index contributed by atoms with van der Waals surface area (Å²) in [5, 5.41) is 0. The minimum atomic E-state index is -1.05. The van der Waals surface area contributed by atoms with Crippen LogP contribution in [-0.2, 0) is 28.7 Å². The maximum atomic E-state index is 11.0. The van der Waals surface area contributed by atoms with Crippen molar-refractivity contribution in [2.24, 2.45) is 0 Å². The van der Waals surface area contributed by atoms with Crippen LogP contribution in [0.25, 0.3) is 0 Å². The van der Waals surface area contributed by atoms with Gasteiger partial charge < -0.3 is 19.1 Å². The molecule has 112 valence electrons. The van der Waals surface area contributed by atoms with E-state index in [1.807, 2.05) is 0 Å². The minimum Gasteiger partial charge on any atom is -0.448 e. The molecule has 10 nitrogen and oxygen atoms in total. The van der Waals surface area contributed by atoms with Gasteiger partial charge in [-0.15, -0.1) is 11.0 Å². The summed E-state index contributed by atoms with van der Waals surface area (Å²) in [6.45, 7) is 3.33. The number of hydrogen-bond donors (Lipinski definition) is 2. The molecule has 0 aliphatic carbocycles. The zero-order valence-corrected chi connectivity index (χ0v) is 10.8. The van der Waals surface area contributed by atoms with Crippen molar-refractivity contribution in [3.63, 3.8) is 0 Å². The summed E-state index contributed by atoms with van der Waals surface area (Å²) >= 11 is 0. The summed E-state index contributed by atoms with van der Waals surface area (Å²) in [5.74, 6) is -2.10. The van der Waals surface area contributed by atoms with Crippen molar-refractivity contribution in [3.8, 4) is 0 Å². The van der Waals surface area contributed by atoms with E-state index < -0.39 is 24.1 Å². The van der Waals surface area contributed by atoms with Crippen LogP contribution in [-0.4, -0.2) is 37.3 Å². The van der Waals surface area contributed by atoms with Crippen LogP contribution in [0.5, 0.6) is 0 Å². The number of ether oxygens (including phenoxy) is 2. The molecule has 0 fully saturated rings. The summed E-state index contributed by atoms with van der Waals surface area (Å²) in [6.07, 6.45) is -0.579. The zero-order chi connectivity index (χ0) is 15.4. The normalized spacial score (nSPS) is 9.50. The molecular formula is C10H14N2O8. The topological polar surface area (TPSA) is 129 Å². The van der Waals surface area contributed by atoms with Gasteiger partial charge in [0.1, 0.15) is 0 Å². The predicted octanol–water partition coefficient (Wildman–Crippen LogP) is -0.0488. The Morgan fingerprint density at radius 3 is 1.45 bits per heavy atom. The third-order valence-electron chi connectivity index (χ3n) is 1.38. The van der Waals surface area contributed by atoms with Crippen molar-refractivity contribution >= 4 is 24.1 Å². The Morgan fingerprint density at radius 1 is 0.800 bits per heavy atom. The van der Waals surface area contributed by atoms with Gasteiger partial charge in [0.05, 0.1) is 13.2 Å². The fourth-order valence-corrected chi connectivity index (χ4v) is 0.709. The lowest BCUT2D eigenvalue weighted by Gasteiger charge is -2.03. The molecule has 0 aromatic rings. The number of nitrogens with one attached hydrogen (secondary N) is 2. The van der Waals surface area contributed by atoms with Gasteiger partial charge in [-0.25, -0.2) is 19.2 Å². The number of amides is 2. The highest BCUT2D eigenvalue weighted by atomic mass is 16.7. The first-order valence-electron chi connectivity index (χ1n) is 5.44. The Morgan fingerprint density at radius 2 is 1.15 bits per heavy atom. The summed E-state index contributed by atoms with van der Waals surface area (Å²) in [5.41, 5.74) is 3.34. The third kappa shape index (κ3) is 9.27. The molecule has 0 saturated carbocycles. The second-order valence-corrected chi connectivity index (χ2v) is 2.82. The summed E-state index contributed by atoms with van der Waals surface area (Å²) in [4.78, 5) is 51.9. The molecule has 0 aromatic heterocycles. The number of hydrogen-bond acceptors (Lipinski definition) is 8. The van der Waals surface area contributed by atoms with Crippen LogP contribution in [0.3, 0.4) is 0 Å². The second-order valence-electron chi connectivity index (χ2n) is 2.82. The maximum absolute atomic E-state index is 11.0. The van der Waals surface area contributed by atoms with Crippen molar-refractivity contribution in [3.05, 3.63) is 12.2 Å². The fraction of sp³-hybridized carbons (Fsp3) is 0.400. The number of carbonyl (C=O) groups is 4. The van der Waals surface area contributed by atoms with Gasteiger partial charge in [0.2, 0.25) is 0 Å². The molecule has 2 amide bonds. The fourth-order valence-electron chi connectivity index (χ4n) is 0.709. The predicted molar refractivity (Wildman–Crippen MR) is 61.6 cm³/mol. The molecule has 20 heavy (non-hydrogen) atoms. The highest BCUT2D eigenvalue weighted by molar-refractivity contribution is 5.92. The van der Waals surface area contributed by atoms with Crippen LogP contribution in [0, 0.1) is 0 Å². The molecule has 0 radical (unpaired) electrons. The van der Waals surface area contributed by atoms with Crippen LogP contribution in [0.4, 0.5) is 9.59 Å². The van der Waals surface area contributed by atoms with Gasteiger partial charge in [0, 0.05) is 12.2 Å². The highest BCUT2D eigenvalue weighted by Gasteiger charge is 2.06. The maximum Gasteiger partial charge on any atom is 0.440 e. The van der Waals surface area contributed by atoms with Gasteiger partial charge in [0.25, 0.3) is 0 Å². The Hall–Kier alpha value is -2.78.